The van der Waals surface area contributed by atoms with Crippen LogP contribution in [-0.4, -0.2) is 42.3 Å². The van der Waals surface area contributed by atoms with E-state index in [2.05, 4.69) is 26.1 Å². The molecule has 4 nitrogen and oxygen atoms in total. The molecule has 0 aliphatic carbocycles. The van der Waals surface area contributed by atoms with E-state index in [0.29, 0.717) is 13.2 Å². The molecule has 1 fully saturated rings. The zero-order valence-electron chi connectivity index (χ0n) is 12.9. The van der Waals surface area contributed by atoms with Crippen molar-refractivity contribution < 1.29 is 9.53 Å². The van der Waals surface area contributed by atoms with E-state index in [1.165, 1.54) is 0 Å². The van der Waals surface area contributed by atoms with Crippen LogP contribution in [-0.2, 0) is 9.53 Å². The Labute approximate surface area is 117 Å². The maximum atomic E-state index is 12.5. The molecular weight excluding hydrogens is 240 g/mol. The molecule has 3 atom stereocenters. The van der Waals surface area contributed by atoms with Crippen molar-refractivity contribution in [2.45, 2.75) is 78.0 Å². The van der Waals surface area contributed by atoms with Crippen molar-refractivity contribution in [1.82, 2.24) is 10.2 Å². The Morgan fingerprint density at radius 3 is 2.58 bits per heavy atom. The van der Waals surface area contributed by atoms with Crippen LogP contribution in [0.3, 0.4) is 0 Å². The molecule has 0 aromatic carbocycles. The summed E-state index contributed by atoms with van der Waals surface area (Å²) in [5.74, 6) is 0.263. The minimum absolute atomic E-state index is 0.0144. The van der Waals surface area contributed by atoms with Gasteiger partial charge in [0, 0.05) is 6.61 Å². The number of unbranched alkanes of at least 4 members (excludes halogenated alkanes) is 1. The van der Waals surface area contributed by atoms with Gasteiger partial charge in [-0.1, -0.05) is 33.1 Å². The summed E-state index contributed by atoms with van der Waals surface area (Å²) < 4.78 is 5.48. The average molecular weight is 270 g/mol. The van der Waals surface area contributed by atoms with Crippen LogP contribution in [0.4, 0.5) is 0 Å². The quantitative estimate of drug-likeness (QED) is 0.700. The van der Waals surface area contributed by atoms with Crippen molar-refractivity contribution in [2.24, 2.45) is 0 Å². The first-order valence-corrected chi connectivity index (χ1v) is 7.81. The first-order chi connectivity index (χ1) is 9.15. The number of hydrogen-bond acceptors (Lipinski definition) is 3. The van der Waals surface area contributed by atoms with Crippen LogP contribution >= 0.6 is 0 Å². The van der Waals surface area contributed by atoms with Crippen LogP contribution in [0.2, 0.25) is 0 Å². The fourth-order valence-corrected chi connectivity index (χ4v) is 2.72. The van der Waals surface area contributed by atoms with Gasteiger partial charge in [-0.05, 0) is 26.7 Å². The molecular formula is C15H30N2O2. The predicted octanol–water partition coefficient (Wildman–Crippen LogP) is 2.53. The van der Waals surface area contributed by atoms with E-state index in [1.54, 1.807) is 0 Å². The van der Waals surface area contributed by atoms with Crippen LogP contribution in [0.15, 0.2) is 0 Å². The molecule has 19 heavy (non-hydrogen) atoms. The number of hydrogen-bond donors (Lipinski definition) is 1. The normalized spacial score (nSPS) is 25.1. The lowest BCUT2D eigenvalue weighted by Crippen LogP contribution is -2.45. The van der Waals surface area contributed by atoms with E-state index in [0.717, 1.165) is 32.1 Å². The van der Waals surface area contributed by atoms with Gasteiger partial charge in [0.05, 0.1) is 24.9 Å². The SMILES string of the molecule is CCCCC1NC(CCC)N(C(C)COCC)C1=O. The van der Waals surface area contributed by atoms with Gasteiger partial charge in [0.1, 0.15) is 0 Å². The average Bonchev–Trinajstić information content (AvgIpc) is 2.70. The lowest BCUT2D eigenvalue weighted by molar-refractivity contribution is -0.133. The number of carbonyl (C=O) groups is 1. The third-order valence-electron chi connectivity index (χ3n) is 3.73. The summed E-state index contributed by atoms with van der Waals surface area (Å²) in [5, 5.41) is 3.50. The lowest BCUT2D eigenvalue weighted by Gasteiger charge is -2.30. The van der Waals surface area contributed by atoms with Gasteiger partial charge in [0.2, 0.25) is 5.91 Å². The Morgan fingerprint density at radius 1 is 1.26 bits per heavy atom. The second-order valence-electron chi connectivity index (χ2n) is 5.42. The van der Waals surface area contributed by atoms with Crippen molar-refractivity contribution in [3.8, 4) is 0 Å². The van der Waals surface area contributed by atoms with E-state index in [-0.39, 0.29) is 24.2 Å². The molecule has 1 heterocycles. The first-order valence-electron chi connectivity index (χ1n) is 7.81. The van der Waals surface area contributed by atoms with Gasteiger partial charge in [0.25, 0.3) is 0 Å². The number of nitrogens with zero attached hydrogens (tertiary/aromatic N) is 1. The fraction of sp³-hybridized carbons (Fsp3) is 0.933. The van der Waals surface area contributed by atoms with Crippen molar-refractivity contribution in [3.63, 3.8) is 0 Å². The van der Waals surface area contributed by atoms with E-state index < -0.39 is 0 Å². The predicted molar refractivity (Wildman–Crippen MR) is 77.9 cm³/mol. The van der Waals surface area contributed by atoms with Crippen molar-refractivity contribution >= 4 is 5.91 Å². The third kappa shape index (κ3) is 4.46. The van der Waals surface area contributed by atoms with Crippen LogP contribution in [0.25, 0.3) is 0 Å². The Hall–Kier alpha value is -0.610. The summed E-state index contributed by atoms with van der Waals surface area (Å²) in [5.41, 5.74) is 0. The van der Waals surface area contributed by atoms with Gasteiger partial charge in [-0.2, -0.15) is 0 Å². The lowest BCUT2D eigenvalue weighted by atomic mass is 10.1. The molecule has 1 aliphatic rings. The maximum absolute atomic E-state index is 12.5. The van der Waals surface area contributed by atoms with Crippen molar-refractivity contribution in [1.29, 1.82) is 0 Å². The molecule has 4 heteroatoms. The van der Waals surface area contributed by atoms with Crippen LogP contribution < -0.4 is 5.32 Å². The third-order valence-corrected chi connectivity index (χ3v) is 3.73. The van der Waals surface area contributed by atoms with Gasteiger partial charge in [-0.15, -0.1) is 0 Å². The minimum atomic E-state index is 0.0144. The van der Waals surface area contributed by atoms with Crippen LogP contribution in [0.5, 0.6) is 0 Å². The fourth-order valence-electron chi connectivity index (χ4n) is 2.72. The smallest absolute Gasteiger partial charge is 0.241 e. The molecule has 3 unspecified atom stereocenters. The number of ether oxygens (including phenoxy) is 1. The Morgan fingerprint density at radius 2 is 2.00 bits per heavy atom. The highest BCUT2D eigenvalue weighted by molar-refractivity contribution is 5.84. The summed E-state index contributed by atoms with van der Waals surface area (Å²) in [4.78, 5) is 14.5. The van der Waals surface area contributed by atoms with E-state index in [9.17, 15) is 4.79 Å². The molecule has 1 saturated heterocycles. The van der Waals surface area contributed by atoms with Gasteiger partial charge >= 0.3 is 0 Å². The molecule has 0 saturated carbocycles. The standard InChI is InChI=1S/C15H30N2O2/c1-5-8-10-13-15(18)17(12(4)11-19-7-3)14(16-13)9-6-2/h12-14,16H,5-11H2,1-4H3. The second kappa shape index (κ2) is 8.54. The van der Waals surface area contributed by atoms with Gasteiger partial charge in [-0.25, -0.2) is 0 Å². The summed E-state index contributed by atoms with van der Waals surface area (Å²) in [7, 11) is 0. The molecule has 1 rings (SSSR count). The highest BCUT2D eigenvalue weighted by Crippen LogP contribution is 2.21. The van der Waals surface area contributed by atoms with Crippen molar-refractivity contribution in [3.05, 3.63) is 0 Å². The summed E-state index contributed by atoms with van der Waals surface area (Å²) in [6.07, 6.45) is 5.49. The molecule has 1 amide bonds. The summed E-state index contributed by atoms with van der Waals surface area (Å²) in [6, 6.07) is 0.170. The highest BCUT2D eigenvalue weighted by atomic mass is 16.5. The topological polar surface area (TPSA) is 41.6 Å². The van der Waals surface area contributed by atoms with Gasteiger partial charge in [0.15, 0.2) is 0 Å². The van der Waals surface area contributed by atoms with E-state index >= 15 is 0 Å². The van der Waals surface area contributed by atoms with Gasteiger partial charge in [-0.3, -0.25) is 10.1 Å². The summed E-state index contributed by atoms with van der Waals surface area (Å²) >= 11 is 0. The zero-order chi connectivity index (χ0) is 14.3. The van der Waals surface area contributed by atoms with Crippen LogP contribution in [0.1, 0.15) is 59.8 Å². The molecule has 0 radical (unpaired) electrons. The maximum Gasteiger partial charge on any atom is 0.241 e. The number of nitrogens with one attached hydrogen (secondary N) is 1. The Balaban J connectivity index is 2.65. The minimum Gasteiger partial charge on any atom is -0.380 e. The molecule has 0 aromatic heterocycles. The van der Waals surface area contributed by atoms with Crippen molar-refractivity contribution in [2.75, 3.05) is 13.2 Å². The molecule has 112 valence electrons. The highest BCUT2D eigenvalue weighted by Gasteiger charge is 2.40. The van der Waals surface area contributed by atoms with Gasteiger partial charge < -0.3 is 9.64 Å². The molecule has 0 aromatic rings. The van der Waals surface area contributed by atoms with E-state index in [1.807, 2.05) is 11.8 Å². The number of carbonyl (C=O) groups excluding carboxylic acids is 1. The zero-order valence-corrected chi connectivity index (χ0v) is 12.9. The first kappa shape index (κ1) is 16.4. The van der Waals surface area contributed by atoms with Crippen LogP contribution in [0, 0.1) is 0 Å². The largest absolute Gasteiger partial charge is 0.380 e. The number of amides is 1. The Bertz CT molecular complexity index is 271. The Kier molecular flexibility index (Phi) is 7.39. The monoisotopic (exact) mass is 270 g/mol. The second-order valence-corrected chi connectivity index (χ2v) is 5.42. The molecule has 1 aliphatic heterocycles. The van der Waals surface area contributed by atoms with E-state index in [4.69, 9.17) is 4.74 Å². The molecule has 0 spiro atoms. The number of rotatable bonds is 9. The molecule has 1 N–H and O–H groups in total. The summed E-state index contributed by atoms with van der Waals surface area (Å²) in [6.45, 7) is 9.74. The molecule has 0 bridgehead atoms.